The first kappa shape index (κ1) is 14.6. The Morgan fingerprint density at radius 3 is 2.20 bits per heavy atom. The van der Waals surface area contributed by atoms with E-state index in [4.69, 9.17) is 0 Å². The lowest BCUT2D eigenvalue weighted by Crippen LogP contribution is -2.24. The lowest BCUT2D eigenvalue weighted by Gasteiger charge is -2.24. The van der Waals surface area contributed by atoms with Crippen LogP contribution in [0.25, 0.3) is 0 Å². The van der Waals surface area contributed by atoms with Crippen LogP contribution in [0.4, 0.5) is 0 Å². The molecule has 0 saturated carbocycles. The molecule has 0 fully saturated rings. The third-order valence-electron chi connectivity index (χ3n) is 2.72. The fraction of sp³-hybridized carbons (Fsp3) is 0.769. The molecule has 15 heavy (non-hydrogen) atoms. The van der Waals surface area contributed by atoms with Gasteiger partial charge in [-0.3, -0.25) is 4.79 Å². The fourth-order valence-electron chi connectivity index (χ4n) is 1.77. The van der Waals surface area contributed by atoms with Gasteiger partial charge in [-0.15, -0.1) is 0 Å². The average Bonchev–Trinajstić information content (AvgIpc) is 2.09. The van der Waals surface area contributed by atoms with Gasteiger partial charge in [0, 0.05) is 20.9 Å². The summed E-state index contributed by atoms with van der Waals surface area (Å²) in [5.74, 6) is 0.948. The molecule has 0 aromatic heterocycles. The molecule has 0 bridgehead atoms. The molecule has 1 unspecified atom stereocenters. The van der Waals surface area contributed by atoms with E-state index in [1.54, 1.807) is 0 Å². The number of carbonyl (C=O) groups excluding carboxylic acids is 1. The summed E-state index contributed by atoms with van der Waals surface area (Å²) in [6.07, 6.45) is 2.42. The molecular formula is C13H26OSi. The standard InChI is InChI=1S/C13H26OSi/c1-7-13(14)9-8-12(11(2)3)10-15(4,5)6/h12H,2,7-10H2,1,3-6H3. The fourth-order valence-corrected chi connectivity index (χ4v) is 3.80. The molecule has 2 heteroatoms. The van der Waals surface area contributed by atoms with Crippen molar-refractivity contribution < 1.29 is 4.79 Å². The molecular weight excluding hydrogens is 200 g/mol. The van der Waals surface area contributed by atoms with Crippen LogP contribution in [0.15, 0.2) is 12.2 Å². The molecule has 0 aliphatic heterocycles. The first-order chi connectivity index (χ1) is 6.76. The Morgan fingerprint density at radius 1 is 1.33 bits per heavy atom. The van der Waals surface area contributed by atoms with Gasteiger partial charge in [0.1, 0.15) is 5.78 Å². The SMILES string of the molecule is C=C(C)C(CCC(=O)CC)C[Si](C)(C)C. The van der Waals surface area contributed by atoms with Crippen LogP contribution in [0.1, 0.15) is 33.1 Å². The van der Waals surface area contributed by atoms with E-state index in [9.17, 15) is 4.79 Å². The zero-order valence-corrected chi connectivity index (χ0v) is 12.0. The van der Waals surface area contributed by atoms with Crippen LogP contribution in [0, 0.1) is 5.92 Å². The monoisotopic (exact) mass is 226 g/mol. The predicted molar refractivity (Wildman–Crippen MR) is 71.0 cm³/mol. The van der Waals surface area contributed by atoms with Crippen molar-refractivity contribution in [3.05, 3.63) is 12.2 Å². The Kier molecular flexibility index (Phi) is 6.11. The molecule has 0 heterocycles. The highest BCUT2D eigenvalue weighted by atomic mass is 28.3. The van der Waals surface area contributed by atoms with E-state index in [2.05, 4.69) is 33.1 Å². The van der Waals surface area contributed by atoms with E-state index < -0.39 is 8.07 Å². The summed E-state index contributed by atoms with van der Waals surface area (Å²) < 4.78 is 0. The normalized spacial score (nSPS) is 13.7. The highest BCUT2D eigenvalue weighted by molar-refractivity contribution is 6.76. The largest absolute Gasteiger partial charge is 0.300 e. The quantitative estimate of drug-likeness (QED) is 0.468. The van der Waals surface area contributed by atoms with Gasteiger partial charge in [0.2, 0.25) is 0 Å². The van der Waals surface area contributed by atoms with Crippen molar-refractivity contribution in [1.29, 1.82) is 0 Å². The average molecular weight is 226 g/mol. The minimum Gasteiger partial charge on any atom is -0.300 e. The van der Waals surface area contributed by atoms with Crippen molar-refractivity contribution >= 4 is 13.9 Å². The maximum absolute atomic E-state index is 11.3. The number of hydrogen-bond acceptors (Lipinski definition) is 1. The van der Waals surface area contributed by atoms with Crippen molar-refractivity contribution in [3.8, 4) is 0 Å². The van der Waals surface area contributed by atoms with Gasteiger partial charge in [0.25, 0.3) is 0 Å². The number of hydrogen-bond donors (Lipinski definition) is 0. The van der Waals surface area contributed by atoms with Gasteiger partial charge >= 0.3 is 0 Å². The predicted octanol–water partition coefficient (Wildman–Crippen LogP) is 4.28. The van der Waals surface area contributed by atoms with E-state index in [1.807, 2.05) is 6.92 Å². The summed E-state index contributed by atoms with van der Waals surface area (Å²) in [6.45, 7) is 15.2. The molecule has 0 saturated heterocycles. The van der Waals surface area contributed by atoms with Gasteiger partial charge in [-0.2, -0.15) is 0 Å². The molecule has 1 atom stereocenters. The molecule has 0 rings (SSSR count). The lowest BCUT2D eigenvalue weighted by molar-refractivity contribution is -0.118. The highest BCUT2D eigenvalue weighted by Gasteiger charge is 2.21. The zero-order chi connectivity index (χ0) is 12.1. The molecule has 0 aliphatic carbocycles. The summed E-state index contributed by atoms with van der Waals surface area (Å²) in [5.41, 5.74) is 1.25. The second-order valence-corrected chi connectivity index (χ2v) is 11.3. The number of allylic oxidation sites excluding steroid dienone is 1. The number of rotatable bonds is 7. The molecule has 0 aromatic rings. The van der Waals surface area contributed by atoms with Gasteiger partial charge in [-0.05, 0) is 19.3 Å². The first-order valence-corrected chi connectivity index (χ1v) is 9.64. The molecule has 0 N–H and O–H groups in total. The van der Waals surface area contributed by atoms with Crippen LogP contribution >= 0.6 is 0 Å². The van der Waals surface area contributed by atoms with Gasteiger partial charge in [-0.25, -0.2) is 0 Å². The maximum Gasteiger partial charge on any atom is 0.132 e. The summed E-state index contributed by atoms with van der Waals surface area (Å²) >= 11 is 0. The van der Waals surface area contributed by atoms with Crippen LogP contribution in [0.5, 0.6) is 0 Å². The van der Waals surface area contributed by atoms with E-state index in [1.165, 1.54) is 11.6 Å². The number of ketones is 1. The van der Waals surface area contributed by atoms with Crippen LogP contribution < -0.4 is 0 Å². The van der Waals surface area contributed by atoms with E-state index >= 15 is 0 Å². The van der Waals surface area contributed by atoms with Crippen LogP contribution in [-0.2, 0) is 4.79 Å². The Bertz CT molecular complexity index is 225. The molecule has 1 nitrogen and oxygen atoms in total. The summed E-state index contributed by atoms with van der Waals surface area (Å²) in [5, 5.41) is 0. The molecule has 0 aromatic carbocycles. The number of carbonyl (C=O) groups is 1. The summed E-state index contributed by atoms with van der Waals surface area (Å²) in [6, 6.07) is 1.26. The smallest absolute Gasteiger partial charge is 0.132 e. The minimum absolute atomic E-state index is 0.386. The third kappa shape index (κ3) is 7.54. The zero-order valence-electron chi connectivity index (χ0n) is 11.0. The van der Waals surface area contributed by atoms with Crippen LogP contribution in [0.3, 0.4) is 0 Å². The Morgan fingerprint density at radius 2 is 1.87 bits per heavy atom. The van der Waals surface area contributed by atoms with Gasteiger partial charge < -0.3 is 0 Å². The second-order valence-electron chi connectivity index (χ2n) is 5.74. The molecule has 88 valence electrons. The third-order valence-corrected chi connectivity index (χ3v) is 4.44. The molecule has 0 aliphatic rings. The summed E-state index contributed by atoms with van der Waals surface area (Å²) in [4.78, 5) is 11.3. The highest BCUT2D eigenvalue weighted by Crippen LogP contribution is 2.26. The molecule has 0 radical (unpaired) electrons. The Balaban J connectivity index is 4.18. The van der Waals surface area contributed by atoms with Crippen molar-refractivity contribution in [2.75, 3.05) is 0 Å². The van der Waals surface area contributed by atoms with E-state index in [0.717, 1.165) is 12.8 Å². The van der Waals surface area contributed by atoms with Crippen LogP contribution in [0.2, 0.25) is 25.7 Å². The topological polar surface area (TPSA) is 17.1 Å². The minimum atomic E-state index is -1.04. The van der Waals surface area contributed by atoms with Crippen molar-refractivity contribution in [2.24, 2.45) is 5.92 Å². The van der Waals surface area contributed by atoms with Crippen molar-refractivity contribution in [2.45, 2.75) is 58.8 Å². The first-order valence-electron chi connectivity index (χ1n) is 5.93. The Labute approximate surface area is 96.0 Å². The van der Waals surface area contributed by atoms with Crippen LogP contribution in [-0.4, -0.2) is 13.9 Å². The Hall–Kier alpha value is -0.373. The van der Waals surface area contributed by atoms with Gasteiger partial charge in [0.05, 0.1) is 0 Å². The summed E-state index contributed by atoms with van der Waals surface area (Å²) in [7, 11) is -1.04. The molecule has 0 amide bonds. The lowest BCUT2D eigenvalue weighted by atomic mass is 9.96. The van der Waals surface area contributed by atoms with E-state index in [0.29, 0.717) is 18.1 Å². The van der Waals surface area contributed by atoms with Gasteiger partial charge in [0.15, 0.2) is 0 Å². The van der Waals surface area contributed by atoms with Gasteiger partial charge in [-0.1, -0.05) is 44.8 Å². The number of Topliss-reactive ketones (excluding diaryl/α,β-unsaturated/α-hetero) is 1. The van der Waals surface area contributed by atoms with E-state index in [-0.39, 0.29) is 0 Å². The maximum atomic E-state index is 11.3. The second kappa shape index (κ2) is 6.26. The molecule has 0 spiro atoms. The van der Waals surface area contributed by atoms with Crippen molar-refractivity contribution in [3.63, 3.8) is 0 Å². The van der Waals surface area contributed by atoms with Crippen molar-refractivity contribution in [1.82, 2.24) is 0 Å².